The molecule has 4 rings (SSSR count). The van der Waals surface area contributed by atoms with Crippen LogP contribution >= 0.6 is 27.7 Å². The van der Waals surface area contributed by atoms with Gasteiger partial charge in [-0.05, 0) is 85.1 Å². The highest BCUT2D eigenvalue weighted by molar-refractivity contribution is 9.10. The summed E-state index contributed by atoms with van der Waals surface area (Å²) in [5.41, 5.74) is 2.95. The largest absolute Gasteiger partial charge is 0.478 e. The van der Waals surface area contributed by atoms with Gasteiger partial charge in [0, 0.05) is 26.3 Å². The monoisotopic (exact) mass is 671 g/mol. The summed E-state index contributed by atoms with van der Waals surface area (Å²) in [6.45, 7) is 3.68. The van der Waals surface area contributed by atoms with Crippen LogP contribution in [-0.2, 0) is 9.59 Å². The highest BCUT2D eigenvalue weighted by Gasteiger charge is 2.20. The minimum atomic E-state index is -1.07. The van der Waals surface area contributed by atoms with Crippen LogP contribution in [0.25, 0.3) is 6.08 Å². The molecule has 0 spiro atoms. The summed E-state index contributed by atoms with van der Waals surface area (Å²) >= 11 is 4.73. The van der Waals surface area contributed by atoms with Gasteiger partial charge in [-0.25, -0.2) is 4.79 Å². The van der Waals surface area contributed by atoms with Crippen molar-refractivity contribution in [3.63, 3.8) is 0 Å². The topological polar surface area (TPSA) is 125 Å². The van der Waals surface area contributed by atoms with Crippen molar-refractivity contribution in [2.45, 2.75) is 30.4 Å². The quantitative estimate of drug-likeness (QED) is 0.0975. The van der Waals surface area contributed by atoms with Crippen LogP contribution in [0.2, 0.25) is 0 Å². The Morgan fingerprint density at radius 3 is 2.27 bits per heavy atom. The number of hydrogen-bond acceptors (Lipinski definition) is 5. The zero-order valence-corrected chi connectivity index (χ0v) is 26.4. The molecule has 0 fully saturated rings. The van der Waals surface area contributed by atoms with Crippen molar-refractivity contribution >= 4 is 68.8 Å². The van der Waals surface area contributed by atoms with Crippen molar-refractivity contribution in [1.82, 2.24) is 5.32 Å². The number of nitrogens with one attached hydrogen (secondary N) is 3. The normalized spacial score (nSPS) is 11.8. The summed E-state index contributed by atoms with van der Waals surface area (Å²) in [6.07, 6.45) is 2.11. The lowest BCUT2D eigenvalue weighted by Gasteiger charge is -2.17. The van der Waals surface area contributed by atoms with E-state index in [0.29, 0.717) is 23.4 Å². The fourth-order valence-electron chi connectivity index (χ4n) is 4.10. The van der Waals surface area contributed by atoms with E-state index in [9.17, 15) is 24.3 Å². The minimum Gasteiger partial charge on any atom is -0.478 e. The van der Waals surface area contributed by atoms with Gasteiger partial charge in [0.1, 0.15) is 5.70 Å². The van der Waals surface area contributed by atoms with E-state index in [-0.39, 0.29) is 17.2 Å². The number of halogens is 1. The average molecular weight is 673 g/mol. The Morgan fingerprint density at radius 2 is 1.59 bits per heavy atom. The highest BCUT2D eigenvalue weighted by atomic mass is 79.9. The molecule has 0 bridgehead atoms. The molecular weight excluding hydrogens is 642 g/mol. The predicted octanol–water partition coefficient (Wildman–Crippen LogP) is 7.37. The first-order chi connectivity index (χ1) is 21.1. The molecule has 1 atom stereocenters. The third-order valence-electron chi connectivity index (χ3n) is 6.49. The summed E-state index contributed by atoms with van der Waals surface area (Å²) in [6, 6.07) is 27.6. The zero-order chi connectivity index (χ0) is 31.6. The minimum absolute atomic E-state index is 0.0593. The number of aromatic carboxylic acids is 1. The van der Waals surface area contributed by atoms with E-state index in [1.807, 2.05) is 37.3 Å². The van der Waals surface area contributed by atoms with Gasteiger partial charge in [-0.15, -0.1) is 11.8 Å². The maximum atomic E-state index is 13.4. The van der Waals surface area contributed by atoms with Crippen molar-refractivity contribution in [3.8, 4) is 0 Å². The van der Waals surface area contributed by atoms with Gasteiger partial charge < -0.3 is 21.1 Å². The van der Waals surface area contributed by atoms with Crippen LogP contribution in [0.15, 0.2) is 112 Å². The molecule has 0 heterocycles. The summed E-state index contributed by atoms with van der Waals surface area (Å²) < 4.78 is 0.881. The first-order valence-electron chi connectivity index (χ1n) is 13.7. The lowest BCUT2D eigenvalue weighted by atomic mass is 10.1. The number of hydrogen-bond donors (Lipinski definition) is 4. The van der Waals surface area contributed by atoms with Crippen molar-refractivity contribution in [1.29, 1.82) is 0 Å². The third kappa shape index (κ3) is 8.92. The number of aryl methyl sites for hydroxylation is 1. The van der Waals surface area contributed by atoms with Crippen LogP contribution in [-0.4, -0.2) is 34.0 Å². The molecule has 0 aliphatic carbocycles. The highest BCUT2D eigenvalue weighted by Crippen LogP contribution is 2.29. The maximum absolute atomic E-state index is 13.4. The summed E-state index contributed by atoms with van der Waals surface area (Å²) in [5.74, 6) is -2.27. The molecule has 4 N–H and O–H groups in total. The van der Waals surface area contributed by atoms with E-state index in [1.165, 1.54) is 23.9 Å². The molecule has 224 valence electrons. The second kappa shape index (κ2) is 15.2. The van der Waals surface area contributed by atoms with E-state index in [2.05, 4.69) is 31.9 Å². The molecular formula is C34H30BrN3O5S. The van der Waals surface area contributed by atoms with Crippen LogP contribution in [0.5, 0.6) is 0 Å². The standard InChI is InChI=1S/C34H30BrN3O5S/c1-3-30(33(41)37-28-19-24(34(42)43)15-12-21(28)2)44-27-11-7-10-26(20-27)36-32(40)29(18-22-13-16-25(35)17-14-22)38-31(39)23-8-5-4-6-9-23/h4-20,30H,3H2,1-2H3,(H,36,40)(H,37,41)(H,38,39)(H,42,43)/b29-18+. The first kappa shape index (κ1) is 32.2. The van der Waals surface area contributed by atoms with Gasteiger partial charge in [0.15, 0.2) is 0 Å². The molecule has 0 saturated carbocycles. The van der Waals surface area contributed by atoms with E-state index in [1.54, 1.807) is 67.6 Å². The zero-order valence-electron chi connectivity index (χ0n) is 24.0. The Bertz CT molecular complexity index is 1710. The number of carbonyl (C=O) groups excluding carboxylic acids is 3. The fourth-order valence-corrected chi connectivity index (χ4v) is 5.38. The number of carboxylic acids is 1. The van der Waals surface area contributed by atoms with Crippen molar-refractivity contribution in [2.75, 3.05) is 10.6 Å². The first-order valence-corrected chi connectivity index (χ1v) is 15.4. The number of thioether (sulfide) groups is 1. The van der Waals surface area contributed by atoms with Crippen LogP contribution in [0, 0.1) is 6.92 Å². The molecule has 4 aromatic rings. The SMILES string of the molecule is CCC(Sc1cccc(NC(=O)/C(=C\c2ccc(Br)cc2)NC(=O)c2ccccc2)c1)C(=O)Nc1cc(C(=O)O)ccc1C. The Morgan fingerprint density at radius 1 is 0.864 bits per heavy atom. The van der Waals surface area contributed by atoms with Crippen molar-refractivity contribution in [2.24, 2.45) is 0 Å². The van der Waals surface area contributed by atoms with Gasteiger partial charge in [-0.2, -0.15) is 0 Å². The maximum Gasteiger partial charge on any atom is 0.335 e. The van der Waals surface area contributed by atoms with Gasteiger partial charge >= 0.3 is 5.97 Å². The van der Waals surface area contributed by atoms with E-state index < -0.39 is 23.0 Å². The Kier molecular flexibility index (Phi) is 11.1. The van der Waals surface area contributed by atoms with Gasteiger partial charge in [0.2, 0.25) is 5.91 Å². The van der Waals surface area contributed by atoms with Crippen molar-refractivity contribution in [3.05, 3.63) is 129 Å². The molecule has 0 radical (unpaired) electrons. The summed E-state index contributed by atoms with van der Waals surface area (Å²) in [7, 11) is 0. The molecule has 44 heavy (non-hydrogen) atoms. The van der Waals surface area contributed by atoms with Gasteiger partial charge in [-0.1, -0.05) is 65.3 Å². The van der Waals surface area contributed by atoms with Gasteiger partial charge in [0.05, 0.1) is 10.8 Å². The Labute approximate surface area is 268 Å². The molecule has 0 aliphatic rings. The molecule has 3 amide bonds. The number of benzene rings is 4. The fraction of sp³-hybridized carbons (Fsp3) is 0.118. The molecule has 0 saturated heterocycles. The number of amides is 3. The van der Waals surface area contributed by atoms with Crippen LogP contribution in [0.4, 0.5) is 11.4 Å². The Balaban J connectivity index is 1.50. The molecule has 0 aromatic heterocycles. The van der Waals surface area contributed by atoms with E-state index in [4.69, 9.17) is 0 Å². The second-order valence-electron chi connectivity index (χ2n) is 9.75. The predicted molar refractivity (Wildman–Crippen MR) is 178 cm³/mol. The average Bonchev–Trinajstić information content (AvgIpc) is 3.02. The van der Waals surface area contributed by atoms with Gasteiger partial charge in [0.25, 0.3) is 11.8 Å². The number of carbonyl (C=O) groups is 4. The number of carboxylic acid groups (broad SMARTS) is 1. The van der Waals surface area contributed by atoms with Gasteiger partial charge in [-0.3, -0.25) is 14.4 Å². The molecule has 1 unspecified atom stereocenters. The molecule has 10 heteroatoms. The van der Waals surface area contributed by atoms with E-state index in [0.717, 1.165) is 20.5 Å². The summed E-state index contributed by atoms with van der Waals surface area (Å²) in [5, 5.41) is 17.3. The van der Waals surface area contributed by atoms with Crippen LogP contribution < -0.4 is 16.0 Å². The third-order valence-corrected chi connectivity index (χ3v) is 8.37. The van der Waals surface area contributed by atoms with Crippen molar-refractivity contribution < 1.29 is 24.3 Å². The molecule has 8 nitrogen and oxygen atoms in total. The molecule has 4 aromatic carbocycles. The smallest absolute Gasteiger partial charge is 0.335 e. The lowest BCUT2D eigenvalue weighted by molar-refractivity contribution is -0.116. The lowest BCUT2D eigenvalue weighted by Crippen LogP contribution is -2.30. The Hall–Kier alpha value is -4.67. The van der Waals surface area contributed by atoms with Crippen LogP contribution in [0.3, 0.4) is 0 Å². The number of anilines is 2. The summed E-state index contributed by atoms with van der Waals surface area (Å²) in [4.78, 5) is 51.6. The molecule has 0 aliphatic heterocycles. The van der Waals surface area contributed by atoms with Crippen LogP contribution in [0.1, 0.15) is 45.2 Å². The van der Waals surface area contributed by atoms with E-state index >= 15 is 0 Å². The number of rotatable bonds is 11. The second-order valence-corrected chi connectivity index (χ2v) is 11.9.